The van der Waals surface area contributed by atoms with E-state index in [-0.39, 0.29) is 18.5 Å². The van der Waals surface area contributed by atoms with Gasteiger partial charge in [0.25, 0.3) is 0 Å². The molecule has 1 rings (SSSR count). The average Bonchev–Trinajstić information content (AvgIpc) is 2.69. The van der Waals surface area contributed by atoms with Crippen molar-refractivity contribution >= 4 is 11.9 Å². The second-order valence-electron chi connectivity index (χ2n) is 5.13. The third kappa shape index (κ3) is 5.16. The molecule has 0 aromatic carbocycles. The van der Waals surface area contributed by atoms with Gasteiger partial charge in [0.1, 0.15) is 6.61 Å². The van der Waals surface area contributed by atoms with Crippen LogP contribution in [0.4, 0.5) is 0 Å². The van der Waals surface area contributed by atoms with Crippen LogP contribution in [0.5, 0.6) is 0 Å². The predicted molar refractivity (Wildman–Crippen MR) is 72.6 cm³/mol. The Hall–Kier alpha value is -1.78. The summed E-state index contributed by atoms with van der Waals surface area (Å²) in [4.78, 5) is 22.2. The van der Waals surface area contributed by atoms with E-state index in [0.717, 1.165) is 6.42 Å². The third-order valence-corrected chi connectivity index (χ3v) is 3.06. The van der Waals surface area contributed by atoms with E-state index in [9.17, 15) is 9.59 Å². The lowest BCUT2D eigenvalue weighted by atomic mass is 9.95. The standard InChI is InChI=1S/C14H22N2O3/c1-11(17)15-14(3,10-19-12(2)18)8-7-13-6-5-9-16(13)4/h5-6,9H,7-8,10H2,1-4H3,(H,15,17). The maximum atomic E-state index is 11.3. The molecule has 1 aromatic rings. The van der Waals surface area contributed by atoms with Crippen LogP contribution in [-0.4, -0.2) is 28.6 Å². The van der Waals surface area contributed by atoms with Gasteiger partial charge in [0.2, 0.25) is 5.91 Å². The molecule has 19 heavy (non-hydrogen) atoms. The summed E-state index contributed by atoms with van der Waals surface area (Å²) in [6, 6.07) is 4.02. The lowest BCUT2D eigenvalue weighted by molar-refractivity contribution is -0.144. The second kappa shape index (κ2) is 6.41. The number of hydrogen-bond acceptors (Lipinski definition) is 3. The highest BCUT2D eigenvalue weighted by molar-refractivity contribution is 5.74. The predicted octanol–water partition coefficient (Wildman–Crippen LogP) is 1.42. The van der Waals surface area contributed by atoms with Gasteiger partial charge in [-0.1, -0.05) is 0 Å². The third-order valence-electron chi connectivity index (χ3n) is 3.06. The number of hydrogen-bond donors (Lipinski definition) is 1. The minimum atomic E-state index is -0.540. The first-order chi connectivity index (χ1) is 8.82. The Morgan fingerprint density at radius 1 is 1.42 bits per heavy atom. The molecule has 0 bridgehead atoms. The van der Waals surface area contributed by atoms with Crippen molar-refractivity contribution < 1.29 is 14.3 Å². The van der Waals surface area contributed by atoms with Gasteiger partial charge in [0.05, 0.1) is 5.54 Å². The highest BCUT2D eigenvalue weighted by atomic mass is 16.5. The molecule has 1 aromatic heterocycles. The van der Waals surface area contributed by atoms with E-state index in [0.29, 0.717) is 6.42 Å². The van der Waals surface area contributed by atoms with Gasteiger partial charge in [-0.25, -0.2) is 0 Å². The number of carbonyl (C=O) groups excluding carboxylic acids is 2. The number of rotatable bonds is 6. The molecule has 1 amide bonds. The first kappa shape index (κ1) is 15.3. The van der Waals surface area contributed by atoms with Gasteiger partial charge in [0.15, 0.2) is 0 Å². The quantitative estimate of drug-likeness (QED) is 0.792. The van der Waals surface area contributed by atoms with Crippen LogP contribution in [0.1, 0.15) is 32.9 Å². The summed E-state index contributed by atoms with van der Waals surface area (Å²) in [5.74, 6) is -0.461. The summed E-state index contributed by atoms with van der Waals surface area (Å²) in [7, 11) is 1.98. The summed E-state index contributed by atoms with van der Waals surface area (Å²) in [6.07, 6.45) is 3.50. The first-order valence-electron chi connectivity index (χ1n) is 6.35. The van der Waals surface area contributed by atoms with E-state index in [1.54, 1.807) is 0 Å². The molecule has 1 heterocycles. The number of ether oxygens (including phenoxy) is 1. The zero-order valence-corrected chi connectivity index (χ0v) is 12.0. The average molecular weight is 266 g/mol. The Kier molecular flexibility index (Phi) is 5.15. The molecule has 1 N–H and O–H groups in total. The van der Waals surface area contributed by atoms with Crippen LogP contribution < -0.4 is 5.32 Å². The maximum absolute atomic E-state index is 11.3. The van der Waals surface area contributed by atoms with Gasteiger partial charge in [-0.15, -0.1) is 0 Å². The highest BCUT2D eigenvalue weighted by Crippen LogP contribution is 2.15. The first-order valence-corrected chi connectivity index (χ1v) is 6.35. The lowest BCUT2D eigenvalue weighted by Gasteiger charge is -2.29. The molecule has 0 aliphatic rings. The van der Waals surface area contributed by atoms with Crippen molar-refractivity contribution in [3.63, 3.8) is 0 Å². The summed E-state index contributed by atoms with van der Waals surface area (Å²) in [5, 5.41) is 2.87. The van der Waals surface area contributed by atoms with Gasteiger partial charge in [-0.3, -0.25) is 9.59 Å². The summed E-state index contributed by atoms with van der Waals surface area (Å²) in [6.45, 7) is 4.91. The topological polar surface area (TPSA) is 60.3 Å². The smallest absolute Gasteiger partial charge is 0.302 e. The number of nitrogens with zero attached hydrogens (tertiary/aromatic N) is 1. The fourth-order valence-corrected chi connectivity index (χ4v) is 2.02. The number of amides is 1. The summed E-state index contributed by atoms with van der Waals surface area (Å²) < 4.78 is 7.09. The molecule has 0 fully saturated rings. The zero-order valence-electron chi connectivity index (χ0n) is 12.0. The van der Waals surface area contributed by atoms with Crippen molar-refractivity contribution in [2.24, 2.45) is 7.05 Å². The molecule has 1 atom stereocenters. The molecule has 0 saturated carbocycles. The number of aromatic nitrogens is 1. The molecule has 1 unspecified atom stereocenters. The van der Waals surface area contributed by atoms with Crippen molar-refractivity contribution in [1.82, 2.24) is 9.88 Å². The van der Waals surface area contributed by atoms with Crippen LogP contribution in [0.25, 0.3) is 0 Å². The molecule has 0 aliphatic carbocycles. The van der Waals surface area contributed by atoms with Gasteiger partial charge >= 0.3 is 5.97 Å². The summed E-state index contributed by atoms with van der Waals surface area (Å²) >= 11 is 0. The van der Waals surface area contributed by atoms with Crippen LogP contribution in [0, 0.1) is 0 Å². The van der Waals surface area contributed by atoms with Crippen molar-refractivity contribution in [2.45, 2.75) is 39.2 Å². The Balaban J connectivity index is 2.65. The van der Waals surface area contributed by atoms with Crippen LogP contribution in [0.3, 0.4) is 0 Å². The monoisotopic (exact) mass is 266 g/mol. The molecule has 0 saturated heterocycles. The van der Waals surface area contributed by atoms with Crippen LogP contribution in [0.15, 0.2) is 18.3 Å². The van der Waals surface area contributed by atoms with E-state index in [1.165, 1.54) is 19.5 Å². The number of nitrogens with one attached hydrogen (secondary N) is 1. The second-order valence-corrected chi connectivity index (χ2v) is 5.13. The Bertz CT molecular complexity index is 453. The molecule has 0 radical (unpaired) electrons. The molecular formula is C14H22N2O3. The zero-order chi connectivity index (χ0) is 14.5. The fourth-order valence-electron chi connectivity index (χ4n) is 2.02. The van der Waals surface area contributed by atoms with Gasteiger partial charge in [-0.2, -0.15) is 0 Å². The van der Waals surface area contributed by atoms with E-state index in [4.69, 9.17) is 4.74 Å². The minimum absolute atomic E-state index is 0.124. The Labute approximate surface area is 113 Å². The van der Waals surface area contributed by atoms with Crippen molar-refractivity contribution in [2.75, 3.05) is 6.61 Å². The molecule has 5 nitrogen and oxygen atoms in total. The molecule has 106 valence electrons. The maximum Gasteiger partial charge on any atom is 0.302 e. The fraction of sp³-hybridized carbons (Fsp3) is 0.571. The highest BCUT2D eigenvalue weighted by Gasteiger charge is 2.26. The van der Waals surface area contributed by atoms with Gasteiger partial charge in [-0.05, 0) is 31.9 Å². The number of carbonyl (C=O) groups is 2. The van der Waals surface area contributed by atoms with Crippen molar-refractivity contribution in [3.05, 3.63) is 24.0 Å². The van der Waals surface area contributed by atoms with E-state index in [1.807, 2.05) is 36.9 Å². The summed E-state index contributed by atoms with van der Waals surface area (Å²) in [5.41, 5.74) is 0.640. The molecule has 0 spiro atoms. The Morgan fingerprint density at radius 3 is 2.58 bits per heavy atom. The van der Waals surface area contributed by atoms with Crippen molar-refractivity contribution in [3.8, 4) is 0 Å². The molecular weight excluding hydrogens is 244 g/mol. The molecule has 5 heteroatoms. The normalized spacial score (nSPS) is 13.7. The largest absolute Gasteiger partial charge is 0.463 e. The van der Waals surface area contributed by atoms with Crippen LogP contribution in [-0.2, 0) is 27.8 Å². The van der Waals surface area contributed by atoms with Gasteiger partial charge < -0.3 is 14.6 Å². The lowest BCUT2D eigenvalue weighted by Crippen LogP contribution is -2.49. The van der Waals surface area contributed by atoms with Crippen LogP contribution >= 0.6 is 0 Å². The van der Waals surface area contributed by atoms with E-state index >= 15 is 0 Å². The van der Waals surface area contributed by atoms with Crippen LogP contribution in [0.2, 0.25) is 0 Å². The number of aryl methyl sites for hydroxylation is 2. The number of esters is 1. The Morgan fingerprint density at radius 2 is 2.11 bits per heavy atom. The minimum Gasteiger partial charge on any atom is -0.463 e. The van der Waals surface area contributed by atoms with Crippen molar-refractivity contribution in [1.29, 1.82) is 0 Å². The van der Waals surface area contributed by atoms with E-state index < -0.39 is 5.54 Å². The molecule has 0 aliphatic heterocycles. The van der Waals surface area contributed by atoms with Gasteiger partial charge in [0, 0.05) is 32.8 Å². The SMILES string of the molecule is CC(=O)NC(C)(CCc1cccn1C)COC(C)=O. The van der Waals surface area contributed by atoms with E-state index in [2.05, 4.69) is 5.32 Å².